The summed E-state index contributed by atoms with van der Waals surface area (Å²) in [5, 5.41) is 13.6. The number of benzene rings is 1. The van der Waals surface area contributed by atoms with Crippen molar-refractivity contribution in [2.75, 3.05) is 0 Å². The van der Waals surface area contributed by atoms with Gasteiger partial charge in [-0.3, -0.25) is 19.5 Å². The summed E-state index contributed by atoms with van der Waals surface area (Å²) in [6, 6.07) is 7.40. The van der Waals surface area contributed by atoms with E-state index in [-0.39, 0.29) is 36.2 Å². The van der Waals surface area contributed by atoms with E-state index in [0.29, 0.717) is 17.7 Å². The minimum atomic E-state index is -0.606. The maximum absolute atomic E-state index is 12.1. The lowest BCUT2D eigenvalue weighted by molar-refractivity contribution is -0.384. The van der Waals surface area contributed by atoms with E-state index in [1.54, 1.807) is 0 Å². The molecule has 142 valence electrons. The van der Waals surface area contributed by atoms with E-state index in [2.05, 4.69) is 5.32 Å². The van der Waals surface area contributed by atoms with Gasteiger partial charge in [0.05, 0.1) is 22.5 Å². The summed E-state index contributed by atoms with van der Waals surface area (Å²) >= 11 is 0. The molecule has 1 unspecified atom stereocenters. The van der Waals surface area contributed by atoms with Crippen molar-refractivity contribution in [3.63, 3.8) is 0 Å². The molecule has 1 amide bonds. The van der Waals surface area contributed by atoms with Gasteiger partial charge in [-0.05, 0) is 38.5 Å². The number of nitro groups is 1. The molecule has 0 radical (unpaired) electrons. The standard InChI is InChI=1S/C18H19N3O6/c1-11-5-8-15(26-11)12(2)19-17(22)4-3-9-20-14-7-6-13(21(24)25)10-16(14)27-18(20)23/h5-8,10,12H,3-4,9H2,1-2H3,(H,19,22). The quantitative estimate of drug-likeness (QED) is 0.502. The summed E-state index contributed by atoms with van der Waals surface area (Å²) in [5.74, 6) is 0.690. The van der Waals surface area contributed by atoms with Crippen LogP contribution in [0, 0.1) is 17.0 Å². The first-order chi connectivity index (χ1) is 12.8. The third kappa shape index (κ3) is 4.08. The van der Waals surface area contributed by atoms with Crippen molar-refractivity contribution < 1.29 is 18.6 Å². The largest absolute Gasteiger partial charge is 0.464 e. The number of rotatable bonds is 7. The molecule has 1 N–H and O–H groups in total. The number of aromatic nitrogens is 1. The lowest BCUT2D eigenvalue weighted by Gasteiger charge is -2.11. The number of nitro benzene ring substituents is 1. The molecule has 0 spiro atoms. The number of carbonyl (C=O) groups excluding carboxylic acids is 1. The van der Waals surface area contributed by atoms with Gasteiger partial charge in [0.25, 0.3) is 5.69 Å². The summed E-state index contributed by atoms with van der Waals surface area (Å²) in [5.41, 5.74) is 0.468. The van der Waals surface area contributed by atoms with Crippen molar-refractivity contribution >= 4 is 22.7 Å². The molecule has 9 nitrogen and oxygen atoms in total. The van der Waals surface area contributed by atoms with Crippen LogP contribution >= 0.6 is 0 Å². The number of hydrogen-bond donors (Lipinski definition) is 1. The average molecular weight is 373 g/mol. The average Bonchev–Trinajstić information content (AvgIpc) is 3.17. The van der Waals surface area contributed by atoms with E-state index in [1.165, 1.54) is 22.8 Å². The number of hydrogen-bond acceptors (Lipinski definition) is 6. The highest BCUT2D eigenvalue weighted by atomic mass is 16.6. The Balaban J connectivity index is 1.60. The van der Waals surface area contributed by atoms with Crippen molar-refractivity contribution in [1.82, 2.24) is 9.88 Å². The van der Waals surface area contributed by atoms with Crippen LogP contribution in [-0.2, 0) is 11.3 Å². The summed E-state index contributed by atoms with van der Waals surface area (Å²) in [4.78, 5) is 34.3. The smallest absolute Gasteiger partial charge is 0.419 e. The molecule has 3 aromatic rings. The maximum Gasteiger partial charge on any atom is 0.419 e. The molecule has 0 aliphatic rings. The predicted molar refractivity (Wildman–Crippen MR) is 96.4 cm³/mol. The predicted octanol–water partition coefficient (Wildman–Crippen LogP) is 3.06. The number of carbonyl (C=O) groups is 1. The molecular formula is C18H19N3O6. The number of fused-ring (bicyclic) bond motifs is 1. The van der Waals surface area contributed by atoms with Gasteiger partial charge in [0.15, 0.2) is 5.58 Å². The summed E-state index contributed by atoms with van der Waals surface area (Å²) in [7, 11) is 0. The zero-order valence-corrected chi connectivity index (χ0v) is 14.9. The zero-order valence-electron chi connectivity index (χ0n) is 14.9. The van der Waals surface area contributed by atoms with Crippen LogP contribution in [0.25, 0.3) is 11.1 Å². The summed E-state index contributed by atoms with van der Waals surface area (Å²) in [6.45, 7) is 3.93. The van der Waals surface area contributed by atoms with Gasteiger partial charge < -0.3 is 14.2 Å². The molecule has 0 aliphatic heterocycles. The van der Waals surface area contributed by atoms with E-state index in [1.807, 2.05) is 26.0 Å². The third-order valence-electron chi connectivity index (χ3n) is 4.21. The first kappa shape index (κ1) is 18.4. The minimum Gasteiger partial charge on any atom is -0.464 e. The third-order valence-corrected chi connectivity index (χ3v) is 4.21. The number of nitrogens with zero attached hydrogens (tertiary/aromatic N) is 2. The second kappa shape index (κ2) is 7.48. The molecular weight excluding hydrogens is 354 g/mol. The summed E-state index contributed by atoms with van der Waals surface area (Å²) < 4.78 is 11.9. The molecule has 0 saturated heterocycles. The molecule has 2 aromatic heterocycles. The SMILES string of the molecule is Cc1ccc(C(C)NC(=O)CCCn2c(=O)oc3cc([N+](=O)[O-])ccc32)o1. The molecule has 0 bridgehead atoms. The van der Waals surface area contributed by atoms with Gasteiger partial charge in [-0.1, -0.05) is 0 Å². The van der Waals surface area contributed by atoms with E-state index >= 15 is 0 Å². The fraction of sp³-hybridized carbons (Fsp3) is 0.333. The van der Waals surface area contributed by atoms with Crippen LogP contribution in [0.2, 0.25) is 0 Å². The lowest BCUT2D eigenvalue weighted by Crippen LogP contribution is -2.26. The van der Waals surface area contributed by atoms with E-state index in [4.69, 9.17) is 8.83 Å². The Morgan fingerprint density at radius 2 is 2.07 bits per heavy atom. The Morgan fingerprint density at radius 1 is 1.30 bits per heavy atom. The lowest BCUT2D eigenvalue weighted by atomic mass is 10.2. The van der Waals surface area contributed by atoms with Crippen molar-refractivity contribution in [3.8, 4) is 0 Å². The Kier molecular flexibility index (Phi) is 5.11. The number of amides is 1. The van der Waals surface area contributed by atoms with Gasteiger partial charge in [0.2, 0.25) is 5.91 Å². The minimum absolute atomic E-state index is 0.148. The highest BCUT2D eigenvalue weighted by Crippen LogP contribution is 2.20. The Morgan fingerprint density at radius 3 is 2.74 bits per heavy atom. The molecule has 2 heterocycles. The highest BCUT2D eigenvalue weighted by Gasteiger charge is 2.15. The van der Waals surface area contributed by atoms with Gasteiger partial charge >= 0.3 is 5.76 Å². The molecule has 3 rings (SSSR count). The van der Waals surface area contributed by atoms with Crippen molar-refractivity contribution in [1.29, 1.82) is 0 Å². The first-order valence-electron chi connectivity index (χ1n) is 8.48. The Hall–Kier alpha value is -3.36. The molecule has 1 atom stereocenters. The fourth-order valence-corrected chi connectivity index (χ4v) is 2.85. The van der Waals surface area contributed by atoms with Crippen LogP contribution in [0.15, 0.2) is 44.0 Å². The van der Waals surface area contributed by atoms with E-state index in [9.17, 15) is 19.7 Å². The number of aryl methyl sites for hydroxylation is 2. The van der Waals surface area contributed by atoms with Crippen LogP contribution in [0.1, 0.15) is 37.3 Å². The van der Waals surface area contributed by atoms with Crippen LogP contribution in [0.5, 0.6) is 0 Å². The van der Waals surface area contributed by atoms with Gasteiger partial charge in [0.1, 0.15) is 11.5 Å². The number of furan rings is 1. The maximum atomic E-state index is 12.1. The normalized spacial score (nSPS) is 12.2. The van der Waals surface area contributed by atoms with Crippen molar-refractivity contribution in [3.05, 3.63) is 62.5 Å². The second-order valence-corrected chi connectivity index (χ2v) is 6.27. The van der Waals surface area contributed by atoms with Crippen LogP contribution < -0.4 is 11.1 Å². The van der Waals surface area contributed by atoms with Crippen molar-refractivity contribution in [2.24, 2.45) is 0 Å². The number of oxazole rings is 1. The van der Waals surface area contributed by atoms with Crippen molar-refractivity contribution in [2.45, 2.75) is 39.3 Å². The Bertz CT molecular complexity index is 1040. The summed E-state index contributed by atoms with van der Waals surface area (Å²) in [6.07, 6.45) is 0.636. The number of nitrogens with one attached hydrogen (secondary N) is 1. The van der Waals surface area contributed by atoms with E-state index < -0.39 is 10.7 Å². The molecule has 1 aromatic carbocycles. The second-order valence-electron chi connectivity index (χ2n) is 6.27. The van der Waals surface area contributed by atoms with Gasteiger partial charge in [-0.15, -0.1) is 0 Å². The highest BCUT2D eigenvalue weighted by molar-refractivity contribution is 5.77. The Labute approximate surface area is 153 Å². The fourth-order valence-electron chi connectivity index (χ4n) is 2.85. The van der Waals surface area contributed by atoms with Gasteiger partial charge in [-0.25, -0.2) is 4.79 Å². The van der Waals surface area contributed by atoms with Crippen LogP contribution in [0.3, 0.4) is 0 Å². The molecule has 9 heteroatoms. The molecule has 0 fully saturated rings. The topological polar surface area (TPSA) is 121 Å². The molecule has 27 heavy (non-hydrogen) atoms. The van der Waals surface area contributed by atoms with Gasteiger partial charge in [0, 0.05) is 19.0 Å². The molecule has 0 aliphatic carbocycles. The van der Waals surface area contributed by atoms with Gasteiger partial charge in [-0.2, -0.15) is 0 Å². The monoisotopic (exact) mass is 373 g/mol. The molecule has 0 saturated carbocycles. The first-order valence-corrected chi connectivity index (χ1v) is 8.48. The van der Waals surface area contributed by atoms with Crippen LogP contribution in [0.4, 0.5) is 5.69 Å². The zero-order chi connectivity index (χ0) is 19.6. The van der Waals surface area contributed by atoms with E-state index in [0.717, 1.165) is 5.76 Å². The number of non-ortho nitro benzene ring substituents is 1. The van der Waals surface area contributed by atoms with Crippen LogP contribution in [-0.4, -0.2) is 15.4 Å².